The zero-order chi connectivity index (χ0) is 23.0. The monoisotopic (exact) mass is 507 g/mol. The van der Waals surface area contributed by atoms with Crippen LogP contribution in [0.1, 0.15) is 35.1 Å². The maximum absolute atomic E-state index is 14.3. The lowest BCUT2D eigenvalue weighted by molar-refractivity contribution is -0.138. The molecule has 0 aliphatic carbocycles. The number of pyridine rings is 1. The summed E-state index contributed by atoms with van der Waals surface area (Å²) in [5.41, 5.74) is -0.437. The van der Waals surface area contributed by atoms with Crippen LogP contribution in [0.5, 0.6) is 0 Å². The van der Waals surface area contributed by atoms with Gasteiger partial charge in [0.25, 0.3) is 11.8 Å². The normalized spacial score (nSPS) is 21.1. The number of rotatable bonds is 4. The van der Waals surface area contributed by atoms with Crippen molar-refractivity contribution in [3.63, 3.8) is 0 Å². The van der Waals surface area contributed by atoms with Crippen LogP contribution in [0.2, 0.25) is 0 Å². The van der Waals surface area contributed by atoms with E-state index >= 15 is 0 Å². The fourth-order valence-electron chi connectivity index (χ4n) is 3.47. The Balaban J connectivity index is 1.82. The van der Waals surface area contributed by atoms with Crippen molar-refractivity contribution in [3.8, 4) is 0 Å². The van der Waals surface area contributed by atoms with E-state index in [0.29, 0.717) is 22.6 Å². The van der Waals surface area contributed by atoms with E-state index in [0.717, 1.165) is 4.90 Å². The number of aryl methyl sites for hydroxylation is 1. The predicted molar refractivity (Wildman–Crippen MR) is 106 cm³/mol. The minimum Gasteiger partial charge on any atom is -0.352 e. The van der Waals surface area contributed by atoms with Crippen LogP contribution >= 0.6 is 15.9 Å². The summed E-state index contributed by atoms with van der Waals surface area (Å²) in [5.74, 6) is -4.44. The molecule has 1 saturated heterocycles. The Morgan fingerprint density at radius 2 is 1.94 bits per heavy atom. The summed E-state index contributed by atoms with van der Waals surface area (Å²) < 4.78 is 66.9. The van der Waals surface area contributed by atoms with Gasteiger partial charge in [0.1, 0.15) is 5.69 Å². The summed E-state index contributed by atoms with van der Waals surface area (Å²) in [4.78, 5) is 25.6. The van der Waals surface area contributed by atoms with Crippen molar-refractivity contribution >= 4 is 27.8 Å². The zero-order valence-corrected chi connectivity index (χ0v) is 18.1. The van der Waals surface area contributed by atoms with Crippen LogP contribution in [-0.4, -0.2) is 50.8 Å². The van der Waals surface area contributed by atoms with Crippen LogP contribution in [-0.2, 0) is 6.18 Å². The number of carbonyl (C=O) groups excluding carboxylic acids is 1. The van der Waals surface area contributed by atoms with Gasteiger partial charge in [0.05, 0.1) is 18.2 Å². The number of hydrogen-bond acceptors (Lipinski definition) is 5. The summed E-state index contributed by atoms with van der Waals surface area (Å²) >= 11 is 3.23. The summed E-state index contributed by atoms with van der Waals surface area (Å²) in [7, 11) is 0. The molecule has 1 aliphatic rings. The maximum Gasteiger partial charge on any atom is 0.419 e. The molecule has 0 saturated carbocycles. The average Bonchev–Trinajstić information content (AvgIpc) is 2.67. The summed E-state index contributed by atoms with van der Waals surface area (Å²) in [6.07, 6.45) is -3.74. The Labute approximate surface area is 183 Å². The highest BCUT2D eigenvalue weighted by atomic mass is 79.9. The van der Waals surface area contributed by atoms with Crippen LogP contribution in [0.3, 0.4) is 0 Å². The van der Waals surface area contributed by atoms with Gasteiger partial charge in [0.15, 0.2) is 0 Å². The van der Waals surface area contributed by atoms with Crippen LogP contribution in [0.4, 0.5) is 27.9 Å². The lowest BCUT2D eigenvalue weighted by atomic mass is 9.88. The number of nitrogens with zero attached hydrogens (tertiary/aromatic N) is 4. The number of carbonyl (C=O) groups is 1. The minimum atomic E-state index is -4.57. The van der Waals surface area contributed by atoms with E-state index in [4.69, 9.17) is 0 Å². The molecular weight excluding hydrogens is 489 g/mol. The Morgan fingerprint density at radius 3 is 2.55 bits per heavy atom. The van der Waals surface area contributed by atoms with Crippen LogP contribution in [0.25, 0.3) is 0 Å². The number of alkyl halides is 5. The average molecular weight is 508 g/mol. The number of aromatic nitrogens is 3. The summed E-state index contributed by atoms with van der Waals surface area (Å²) in [6, 6.07) is 2.62. The molecule has 1 fully saturated rings. The number of amides is 1. The Morgan fingerprint density at radius 1 is 1.29 bits per heavy atom. The van der Waals surface area contributed by atoms with Gasteiger partial charge in [-0.15, -0.1) is 0 Å². The first-order valence-electron chi connectivity index (χ1n) is 9.32. The van der Waals surface area contributed by atoms with Crippen LogP contribution in [0.15, 0.2) is 29.0 Å². The molecule has 3 rings (SSSR count). The fourth-order valence-corrected chi connectivity index (χ4v) is 3.86. The second kappa shape index (κ2) is 8.64. The first-order valence-corrected chi connectivity index (χ1v) is 10.1. The van der Waals surface area contributed by atoms with Crippen molar-refractivity contribution in [2.75, 3.05) is 18.4 Å². The Bertz CT molecular complexity index is 954. The van der Waals surface area contributed by atoms with Crippen LogP contribution < -0.4 is 5.32 Å². The van der Waals surface area contributed by atoms with Gasteiger partial charge in [-0.25, -0.2) is 23.7 Å². The van der Waals surface area contributed by atoms with Crippen molar-refractivity contribution in [3.05, 3.63) is 46.0 Å². The third-order valence-corrected chi connectivity index (χ3v) is 5.62. The van der Waals surface area contributed by atoms with Crippen LogP contribution in [0, 0.1) is 12.8 Å². The molecule has 2 aromatic rings. The first kappa shape index (κ1) is 23.3. The molecule has 168 valence electrons. The van der Waals surface area contributed by atoms with Crippen molar-refractivity contribution in [1.29, 1.82) is 0 Å². The van der Waals surface area contributed by atoms with E-state index in [1.807, 2.05) is 0 Å². The van der Waals surface area contributed by atoms with E-state index in [1.54, 1.807) is 26.0 Å². The van der Waals surface area contributed by atoms with E-state index in [9.17, 15) is 26.7 Å². The van der Waals surface area contributed by atoms with Crippen molar-refractivity contribution in [2.45, 2.75) is 38.4 Å². The second-order valence-electron chi connectivity index (χ2n) is 7.49. The van der Waals surface area contributed by atoms with E-state index in [2.05, 4.69) is 36.2 Å². The number of hydrogen-bond donors (Lipinski definition) is 1. The highest BCUT2D eigenvalue weighted by Crippen LogP contribution is 2.36. The van der Waals surface area contributed by atoms with Gasteiger partial charge in [-0.3, -0.25) is 4.79 Å². The lowest BCUT2D eigenvalue weighted by Gasteiger charge is -2.43. The highest BCUT2D eigenvalue weighted by molar-refractivity contribution is 9.10. The molecule has 6 nitrogen and oxygen atoms in total. The molecular formula is C19H19BrF5N5O. The summed E-state index contributed by atoms with van der Waals surface area (Å²) in [5, 5.41) is 2.75. The molecule has 2 unspecified atom stereocenters. The third kappa shape index (κ3) is 5.46. The first-order chi connectivity index (χ1) is 14.4. The van der Waals surface area contributed by atoms with E-state index < -0.39 is 48.5 Å². The smallest absolute Gasteiger partial charge is 0.352 e. The molecule has 12 heteroatoms. The van der Waals surface area contributed by atoms with Gasteiger partial charge in [0.2, 0.25) is 5.95 Å². The SMILES string of the molecule is Cc1ccc(Br)c(C(=O)N2CC(F)(F)CC(C)C2CNc2ncc(C(F)(F)F)cn2)n1. The molecule has 2 aromatic heterocycles. The molecule has 0 aromatic carbocycles. The Hall–Kier alpha value is -2.37. The number of halogens is 6. The predicted octanol–water partition coefficient (Wildman–Crippen LogP) is 4.56. The van der Waals surface area contributed by atoms with Crippen molar-refractivity contribution < 1.29 is 26.7 Å². The Kier molecular flexibility index (Phi) is 6.49. The van der Waals surface area contributed by atoms with Gasteiger partial charge >= 0.3 is 6.18 Å². The molecule has 0 radical (unpaired) electrons. The highest BCUT2D eigenvalue weighted by Gasteiger charge is 2.46. The van der Waals surface area contributed by atoms with Gasteiger partial charge in [-0.05, 0) is 40.9 Å². The number of nitrogens with one attached hydrogen (secondary N) is 1. The van der Waals surface area contributed by atoms with Gasteiger partial charge < -0.3 is 10.2 Å². The maximum atomic E-state index is 14.3. The molecule has 0 spiro atoms. The quantitative estimate of drug-likeness (QED) is 0.614. The zero-order valence-electron chi connectivity index (χ0n) is 16.6. The number of likely N-dealkylation sites (tertiary alicyclic amines) is 1. The molecule has 1 N–H and O–H groups in total. The molecule has 0 bridgehead atoms. The van der Waals surface area contributed by atoms with E-state index in [-0.39, 0.29) is 18.2 Å². The topological polar surface area (TPSA) is 71.0 Å². The molecule has 1 aliphatic heterocycles. The molecule has 1 amide bonds. The van der Waals surface area contributed by atoms with Crippen molar-refractivity contribution in [1.82, 2.24) is 19.9 Å². The van der Waals surface area contributed by atoms with Gasteiger partial charge in [-0.1, -0.05) is 6.92 Å². The minimum absolute atomic E-state index is 0.0145. The van der Waals surface area contributed by atoms with E-state index in [1.165, 1.54) is 0 Å². The number of anilines is 1. The number of piperidine rings is 1. The van der Waals surface area contributed by atoms with Gasteiger partial charge in [0, 0.05) is 35.5 Å². The third-order valence-electron chi connectivity index (χ3n) is 4.98. The van der Waals surface area contributed by atoms with Crippen molar-refractivity contribution in [2.24, 2.45) is 5.92 Å². The molecule has 3 heterocycles. The molecule has 31 heavy (non-hydrogen) atoms. The summed E-state index contributed by atoms with van der Waals surface area (Å²) in [6.45, 7) is 2.46. The van der Waals surface area contributed by atoms with Gasteiger partial charge in [-0.2, -0.15) is 13.2 Å². The largest absolute Gasteiger partial charge is 0.419 e. The standard InChI is InChI=1S/C19H19BrF5N5O/c1-10-5-18(21,22)9-30(16(31)15-13(20)4-3-11(2)29-15)14(10)8-28-17-26-6-12(7-27-17)19(23,24)25/h3-4,6-7,10,14H,5,8-9H2,1-2H3,(H,26,27,28). The lowest BCUT2D eigenvalue weighted by Crippen LogP contribution is -2.57. The second-order valence-corrected chi connectivity index (χ2v) is 8.35. The molecule has 2 atom stereocenters. The fraction of sp³-hybridized carbons (Fsp3) is 0.474.